The van der Waals surface area contributed by atoms with Gasteiger partial charge in [-0.1, -0.05) is 23.1 Å². The van der Waals surface area contributed by atoms with Crippen molar-refractivity contribution in [1.29, 1.82) is 0 Å². The maximum Gasteiger partial charge on any atom is 0.200 e. The number of hydrogen-bond donors (Lipinski definition) is 1. The number of aromatic hydroxyl groups is 1. The first-order valence-corrected chi connectivity index (χ1v) is 8.10. The van der Waals surface area contributed by atoms with Crippen molar-refractivity contribution in [3.8, 4) is 5.88 Å². The van der Waals surface area contributed by atoms with Gasteiger partial charge in [0.15, 0.2) is 4.34 Å². The van der Waals surface area contributed by atoms with E-state index in [4.69, 9.17) is 0 Å². The van der Waals surface area contributed by atoms with Crippen LogP contribution in [0.3, 0.4) is 0 Å². The number of aromatic nitrogens is 4. The van der Waals surface area contributed by atoms with Crippen LogP contribution < -0.4 is 0 Å². The van der Waals surface area contributed by atoms with Gasteiger partial charge in [0.1, 0.15) is 5.01 Å². The van der Waals surface area contributed by atoms with Crippen LogP contribution in [0.4, 0.5) is 0 Å². The second kappa shape index (κ2) is 5.80. The highest BCUT2D eigenvalue weighted by Gasteiger charge is 2.08. The zero-order valence-electron chi connectivity index (χ0n) is 11.0. The molecule has 0 aliphatic carbocycles. The molecule has 3 aromatic rings. The summed E-state index contributed by atoms with van der Waals surface area (Å²) in [5, 5.41) is 20.0. The Hall–Kier alpha value is -1.60. The molecule has 20 heavy (non-hydrogen) atoms. The molecule has 0 fully saturated rings. The zero-order chi connectivity index (χ0) is 13.9. The summed E-state index contributed by atoms with van der Waals surface area (Å²) in [7, 11) is 0. The summed E-state index contributed by atoms with van der Waals surface area (Å²) in [5.74, 6) is 1.25. The normalized spacial score (nSPS) is 11.2. The molecule has 0 saturated carbocycles. The molecule has 3 rings (SSSR count). The van der Waals surface area contributed by atoms with Crippen molar-refractivity contribution < 1.29 is 5.11 Å². The highest BCUT2D eigenvalue weighted by atomic mass is 32.2. The first-order chi connectivity index (χ1) is 9.74. The molecular weight excluding hydrogens is 292 g/mol. The summed E-state index contributed by atoms with van der Waals surface area (Å²) >= 11 is 3.32. The van der Waals surface area contributed by atoms with Crippen molar-refractivity contribution >= 4 is 34.0 Å². The highest BCUT2D eigenvalue weighted by molar-refractivity contribution is 8.01. The van der Waals surface area contributed by atoms with E-state index in [1.807, 2.05) is 29.8 Å². The fourth-order valence-corrected chi connectivity index (χ4v) is 3.78. The summed E-state index contributed by atoms with van der Waals surface area (Å²) in [5.41, 5.74) is 0.831. The van der Waals surface area contributed by atoms with Crippen molar-refractivity contribution in [2.24, 2.45) is 0 Å². The molecule has 7 heteroatoms. The lowest BCUT2D eigenvalue weighted by atomic mass is 10.3. The Morgan fingerprint density at radius 3 is 3.05 bits per heavy atom. The zero-order valence-corrected chi connectivity index (χ0v) is 12.6. The Labute approximate surface area is 124 Å². The fourth-order valence-electron chi connectivity index (χ4n) is 1.97. The van der Waals surface area contributed by atoms with Gasteiger partial charge in [-0.3, -0.25) is 4.98 Å². The molecule has 0 amide bonds. The van der Waals surface area contributed by atoms with E-state index in [9.17, 15) is 5.11 Å². The van der Waals surface area contributed by atoms with Gasteiger partial charge < -0.3 is 9.67 Å². The Balaban J connectivity index is 1.58. The van der Waals surface area contributed by atoms with Gasteiger partial charge in [0.2, 0.25) is 5.88 Å². The third-order valence-corrected chi connectivity index (χ3v) is 4.96. The van der Waals surface area contributed by atoms with E-state index in [1.54, 1.807) is 29.3 Å². The molecule has 3 aromatic heterocycles. The fraction of sp³-hybridized carbons (Fsp3) is 0.308. The van der Waals surface area contributed by atoms with E-state index in [-0.39, 0.29) is 0 Å². The minimum absolute atomic E-state index is 0.296. The second-order valence-electron chi connectivity index (χ2n) is 4.37. The number of hydrogen-bond acceptors (Lipinski definition) is 6. The molecule has 0 aromatic carbocycles. The number of pyridine rings is 1. The first-order valence-electron chi connectivity index (χ1n) is 6.30. The van der Waals surface area contributed by atoms with Crippen LogP contribution in [-0.4, -0.2) is 30.6 Å². The van der Waals surface area contributed by atoms with Gasteiger partial charge in [-0.2, -0.15) is 0 Å². The molecule has 5 nitrogen and oxygen atoms in total. The van der Waals surface area contributed by atoms with Crippen LogP contribution in [0, 0.1) is 6.92 Å². The van der Waals surface area contributed by atoms with Gasteiger partial charge in [0, 0.05) is 24.7 Å². The predicted molar refractivity (Wildman–Crippen MR) is 81.4 cm³/mol. The van der Waals surface area contributed by atoms with Crippen molar-refractivity contribution in [2.45, 2.75) is 24.2 Å². The van der Waals surface area contributed by atoms with Gasteiger partial charge in [0.05, 0.1) is 10.9 Å². The molecule has 0 atom stereocenters. The molecule has 0 spiro atoms. The summed E-state index contributed by atoms with van der Waals surface area (Å²) in [4.78, 5) is 4.24. The SMILES string of the molecule is Cc1nnc(SCCCn2cc3ncccc3c2O)s1. The number of fused-ring (bicyclic) bond motifs is 1. The molecule has 0 aliphatic rings. The van der Waals surface area contributed by atoms with E-state index in [2.05, 4.69) is 15.2 Å². The Bertz CT molecular complexity index is 722. The van der Waals surface area contributed by atoms with Crippen LogP contribution in [0.15, 0.2) is 28.9 Å². The van der Waals surface area contributed by atoms with E-state index in [0.717, 1.165) is 39.0 Å². The summed E-state index contributed by atoms with van der Waals surface area (Å²) in [6, 6.07) is 3.72. The molecule has 0 aliphatic heterocycles. The lowest BCUT2D eigenvalue weighted by Gasteiger charge is -2.03. The molecule has 0 bridgehead atoms. The smallest absolute Gasteiger partial charge is 0.200 e. The van der Waals surface area contributed by atoms with Crippen LogP contribution in [0.1, 0.15) is 11.4 Å². The summed E-state index contributed by atoms with van der Waals surface area (Å²) in [6.07, 6.45) is 4.59. The lowest BCUT2D eigenvalue weighted by molar-refractivity contribution is 0.421. The largest absolute Gasteiger partial charge is 0.494 e. The maximum absolute atomic E-state index is 10.1. The Morgan fingerprint density at radius 2 is 2.30 bits per heavy atom. The molecule has 0 unspecified atom stereocenters. The van der Waals surface area contributed by atoms with E-state index in [0.29, 0.717) is 5.88 Å². The molecule has 0 saturated heterocycles. The number of aryl methyl sites for hydroxylation is 2. The topological polar surface area (TPSA) is 63.8 Å². The Morgan fingerprint density at radius 1 is 1.40 bits per heavy atom. The standard InChI is InChI=1S/C13H14N4OS2/c1-9-15-16-13(20-9)19-7-3-6-17-8-11-10(12(17)18)4-2-5-14-11/h2,4-5,8,18H,3,6-7H2,1H3. The number of thioether (sulfide) groups is 1. The van der Waals surface area contributed by atoms with Gasteiger partial charge in [-0.25, -0.2) is 0 Å². The van der Waals surface area contributed by atoms with Gasteiger partial charge >= 0.3 is 0 Å². The van der Waals surface area contributed by atoms with Gasteiger partial charge in [-0.15, -0.1) is 10.2 Å². The summed E-state index contributed by atoms with van der Waals surface area (Å²) in [6.45, 7) is 2.73. The molecule has 0 radical (unpaired) electrons. The van der Waals surface area contributed by atoms with E-state index in [1.165, 1.54) is 0 Å². The molecule has 3 heterocycles. The maximum atomic E-state index is 10.1. The highest BCUT2D eigenvalue weighted by Crippen LogP contribution is 2.26. The summed E-state index contributed by atoms with van der Waals surface area (Å²) < 4.78 is 2.86. The monoisotopic (exact) mass is 306 g/mol. The van der Waals surface area contributed by atoms with Crippen molar-refractivity contribution in [2.75, 3.05) is 5.75 Å². The minimum atomic E-state index is 0.296. The molecular formula is C13H14N4OS2. The van der Waals surface area contributed by atoms with Crippen molar-refractivity contribution in [3.63, 3.8) is 0 Å². The number of rotatable bonds is 5. The van der Waals surface area contributed by atoms with E-state index < -0.39 is 0 Å². The van der Waals surface area contributed by atoms with Crippen LogP contribution >= 0.6 is 23.1 Å². The third-order valence-electron chi connectivity index (χ3n) is 2.91. The molecule has 1 N–H and O–H groups in total. The predicted octanol–water partition coefficient (Wildman–Crippen LogP) is 3.08. The molecule has 104 valence electrons. The minimum Gasteiger partial charge on any atom is -0.494 e. The van der Waals surface area contributed by atoms with Crippen LogP contribution in [0.5, 0.6) is 5.88 Å². The number of nitrogens with zero attached hydrogens (tertiary/aromatic N) is 4. The first kappa shape index (κ1) is 13.4. The van der Waals surface area contributed by atoms with Crippen LogP contribution in [0.2, 0.25) is 0 Å². The lowest BCUT2D eigenvalue weighted by Crippen LogP contribution is -1.96. The third kappa shape index (κ3) is 2.78. The van der Waals surface area contributed by atoms with Gasteiger partial charge in [-0.05, 0) is 25.5 Å². The van der Waals surface area contributed by atoms with Crippen molar-refractivity contribution in [3.05, 3.63) is 29.5 Å². The second-order valence-corrected chi connectivity index (χ2v) is 6.89. The van der Waals surface area contributed by atoms with Crippen LogP contribution in [-0.2, 0) is 6.54 Å². The van der Waals surface area contributed by atoms with Crippen molar-refractivity contribution in [1.82, 2.24) is 19.7 Å². The average molecular weight is 306 g/mol. The van der Waals surface area contributed by atoms with Crippen LogP contribution in [0.25, 0.3) is 10.9 Å². The Kier molecular flexibility index (Phi) is 3.88. The van der Waals surface area contributed by atoms with E-state index >= 15 is 0 Å². The van der Waals surface area contributed by atoms with Gasteiger partial charge in [0.25, 0.3) is 0 Å². The quantitative estimate of drug-likeness (QED) is 0.579. The average Bonchev–Trinajstić information content (AvgIpc) is 3.00.